The van der Waals surface area contributed by atoms with Gasteiger partial charge in [-0.2, -0.15) is 5.26 Å². The van der Waals surface area contributed by atoms with Crippen molar-refractivity contribution in [2.75, 3.05) is 0 Å². The van der Waals surface area contributed by atoms with Crippen LogP contribution in [0.3, 0.4) is 0 Å². The molecular formula is C9H11N3. The van der Waals surface area contributed by atoms with Gasteiger partial charge in [0.15, 0.2) is 0 Å². The van der Waals surface area contributed by atoms with Gasteiger partial charge in [0.2, 0.25) is 0 Å². The Morgan fingerprint density at radius 3 is 2.83 bits per heavy atom. The summed E-state index contributed by atoms with van der Waals surface area (Å²) in [6.07, 6.45) is 3.93. The van der Waals surface area contributed by atoms with E-state index in [-0.39, 0.29) is 0 Å². The summed E-state index contributed by atoms with van der Waals surface area (Å²) in [4.78, 5) is 8.07. The summed E-state index contributed by atoms with van der Waals surface area (Å²) in [5.74, 6) is 0. The Bertz CT molecular complexity index is 288. The molecule has 3 nitrogen and oxygen atoms in total. The smallest absolute Gasteiger partial charge is 0.115 e. The molecule has 0 radical (unpaired) electrons. The van der Waals surface area contributed by atoms with Gasteiger partial charge in [0.25, 0.3) is 0 Å². The van der Waals surface area contributed by atoms with Crippen molar-refractivity contribution in [1.29, 1.82) is 5.26 Å². The standard InChI is InChI=1S/C9H11N3/c1-2-3-8-6-9(4-5-10)12-7-11-8/h6-7H,2-4H2,1H3. The quantitative estimate of drug-likeness (QED) is 0.674. The van der Waals surface area contributed by atoms with Crippen molar-refractivity contribution in [1.82, 2.24) is 9.97 Å². The van der Waals surface area contributed by atoms with Gasteiger partial charge < -0.3 is 0 Å². The van der Waals surface area contributed by atoms with Crippen LogP contribution in [-0.2, 0) is 12.8 Å². The summed E-state index contributed by atoms with van der Waals surface area (Å²) in [5.41, 5.74) is 1.84. The van der Waals surface area contributed by atoms with Gasteiger partial charge in [-0.3, -0.25) is 0 Å². The first-order valence-electron chi connectivity index (χ1n) is 4.03. The Balaban J connectivity index is 2.75. The summed E-state index contributed by atoms with van der Waals surface area (Å²) in [5, 5.41) is 8.43. The zero-order valence-electron chi connectivity index (χ0n) is 7.12. The summed E-state index contributed by atoms with van der Waals surface area (Å²) >= 11 is 0. The number of aryl methyl sites for hydroxylation is 1. The molecule has 0 atom stereocenters. The maximum Gasteiger partial charge on any atom is 0.115 e. The second kappa shape index (κ2) is 4.45. The Morgan fingerprint density at radius 2 is 2.17 bits per heavy atom. The largest absolute Gasteiger partial charge is 0.241 e. The molecule has 0 bridgehead atoms. The zero-order valence-corrected chi connectivity index (χ0v) is 7.12. The molecule has 0 aliphatic rings. The molecule has 0 fully saturated rings. The first-order chi connectivity index (χ1) is 5.86. The van der Waals surface area contributed by atoms with E-state index >= 15 is 0 Å². The molecule has 0 aromatic carbocycles. The first kappa shape index (κ1) is 8.66. The van der Waals surface area contributed by atoms with Crippen LogP contribution in [0.15, 0.2) is 12.4 Å². The molecule has 62 valence electrons. The molecule has 0 N–H and O–H groups in total. The van der Waals surface area contributed by atoms with Crippen LogP contribution in [0.2, 0.25) is 0 Å². The van der Waals surface area contributed by atoms with E-state index in [9.17, 15) is 0 Å². The molecule has 1 aromatic rings. The highest BCUT2D eigenvalue weighted by Gasteiger charge is 1.96. The molecule has 0 amide bonds. The fourth-order valence-corrected chi connectivity index (χ4v) is 1.01. The van der Waals surface area contributed by atoms with Gasteiger partial charge in [-0.15, -0.1) is 0 Å². The molecule has 0 unspecified atom stereocenters. The van der Waals surface area contributed by atoms with Crippen molar-refractivity contribution in [2.45, 2.75) is 26.2 Å². The molecule has 0 spiro atoms. The second-order valence-corrected chi connectivity index (χ2v) is 2.59. The summed E-state index contributed by atoms with van der Waals surface area (Å²) in [6, 6.07) is 3.96. The van der Waals surface area contributed by atoms with E-state index in [1.165, 1.54) is 6.33 Å². The maximum absolute atomic E-state index is 8.43. The molecule has 3 heteroatoms. The minimum Gasteiger partial charge on any atom is -0.241 e. The van der Waals surface area contributed by atoms with Crippen LogP contribution in [0.25, 0.3) is 0 Å². The van der Waals surface area contributed by atoms with Gasteiger partial charge in [-0.1, -0.05) is 13.3 Å². The molecular weight excluding hydrogens is 150 g/mol. The van der Waals surface area contributed by atoms with Crippen molar-refractivity contribution in [3.63, 3.8) is 0 Å². The molecule has 1 rings (SSSR count). The molecule has 12 heavy (non-hydrogen) atoms. The monoisotopic (exact) mass is 161 g/mol. The molecule has 0 saturated heterocycles. The van der Waals surface area contributed by atoms with Gasteiger partial charge in [0.1, 0.15) is 6.33 Å². The van der Waals surface area contributed by atoms with E-state index in [2.05, 4.69) is 23.0 Å². The summed E-state index contributed by atoms with van der Waals surface area (Å²) in [7, 11) is 0. The fraction of sp³-hybridized carbons (Fsp3) is 0.444. The lowest BCUT2D eigenvalue weighted by Gasteiger charge is -1.97. The topological polar surface area (TPSA) is 49.6 Å². The number of nitrogens with zero attached hydrogens (tertiary/aromatic N) is 3. The SMILES string of the molecule is CCCc1cc(CC#N)ncn1. The number of nitriles is 1. The molecule has 0 aliphatic heterocycles. The van der Waals surface area contributed by atoms with Crippen LogP contribution in [0.1, 0.15) is 24.7 Å². The highest BCUT2D eigenvalue weighted by atomic mass is 14.8. The first-order valence-corrected chi connectivity index (χ1v) is 4.03. The average molecular weight is 161 g/mol. The number of rotatable bonds is 3. The van der Waals surface area contributed by atoms with Crippen molar-refractivity contribution in [3.05, 3.63) is 23.8 Å². The van der Waals surface area contributed by atoms with E-state index in [4.69, 9.17) is 5.26 Å². The number of aromatic nitrogens is 2. The lowest BCUT2D eigenvalue weighted by molar-refractivity contribution is 0.862. The summed E-state index contributed by atoms with van der Waals surface area (Å²) < 4.78 is 0. The molecule has 0 aliphatic carbocycles. The Kier molecular flexibility index (Phi) is 3.21. The predicted molar refractivity (Wildman–Crippen MR) is 45.3 cm³/mol. The van der Waals surface area contributed by atoms with Gasteiger partial charge >= 0.3 is 0 Å². The van der Waals surface area contributed by atoms with E-state index in [0.29, 0.717) is 6.42 Å². The van der Waals surface area contributed by atoms with Crippen LogP contribution in [0, 0.1) is 11.3 Å². The van der Waals surface area contributed by atoms with E-state index in [0.717, 1.165) is 24.2 Å². The van der Waals surface area contributed by atoms with E-state index in [1.807, 2.05) is 6.07 Å². The van der Waals surface area contributed by atoms with Crippen molar-refractivity contribution < 1.29 is 0 Å². The Hall–Kier alpha value is -1.43. The minimum absolute atomic E-state index is 0.374. The zero-order chi connectivity index (χ0) is 8.81. The lowest BCUT2D eigenvalue weighted by atomic mass is 10.2. The van der Waals surface area contributed by atoms with Crippen molar-refractivity contribution >= 4 is 0 Å². The lowest BCUT2D eigenvalue weighted by Crippen LogP contribution is -1.94. The normalized spacial score (nSPS) is 9.33. The van der Waals surface area contributed by atoms with Crippen LogP contribution < -0.4 is 0 Å². The van der Waals surface area contributed by atoms with Gasteiger partial charge in [-0.05, 0) is 12.5 Å². The highest BCUT2D eigenvalue weighted by Crippen LogP contribution is 2.01. The minimum atomic E-state index is 0.374. The van der Waals surface area contributed by atoms with Crippen LogP contribution in [-0.4, -0.2) is 9.97 Å². The average Bonchev–Trinajstić information content (AvgIpc) is 2.06. The van der Waals surface area contributed by atoms with Gasteiger partial charge in [-0.25, -0.2) is 9.97 Å². The third kappa shape index (κ3) is 2.31. The third-order valence-electron chi connectivity index (χ3n) is 1.55. The number of hydrogen-bond acceptors (Lipinski definition) is 3. The molecule has 1 aromatic heterocycles. The van der Waals surface area contributed by atoms with Crippen LogP contribution >= 0.6 is 0 Å². The molecule has 0 saturated carbocycles. The molecule has 1 heterocycles. The maximum atomic E-state index is 8.43. The third-order valence-corrected chi connectivity index (χ3v) is 1.55. The van der Waals surface area contributed by atoms with Gasteiger partial charge in [0.05, 0.1) is 18.2 Å². The van der Waals surface area contributed by atoms with Crippen molar-refractivity contribution in [2.24, 2.45) is 0 Å². The predicted octanol–water partition coefficient (Wildman–Crippen LogP) is 1.50. The van der Waals surface area contributed by atoms with E-state index < -0.39 is 0 Å². The number of hydrogen-bond donors (Lipinski definition) is 0. The van der Waals surface area contributed by atoms with Gasteiger partial charge in [0, 0.05) is 5.69 Å². The fourth-order valence-electron chi connectivity index (χ4n) is 1.01. The Labute approximate surface area is 72.1 Å². The van der Waals surface area contributed by atoms with Crippen molar-refractivity contribution in [3.8, 4) is 6.07 Å². The van der Waals surface area contributed by atoms with E-state index in [1.54, 1.807) is 0 Å². The highest BCUT2D eigenvalue weighted by molar-refractivity contribution is 5.11. The summed E-state index contributed by atoms with van der Waals surface area (Å²) in [6.45, 7) is 2.10. The Morgan fingerprint density at radius 1 is 1.42 bits per heavy atom. The van der Waals surface area contributed by atoms with Crippen LogP contribution in [0.4, 0.5) is 0 Å². The van der Waals surface area contributed by atoms with Crippen LogP contribution in [0.5, 0.6) is 0 Å². The second-order valence-electron chi connectivity index (χ2n) is 2.59.